The highest BCUT2D eigenvalue weighted by molar-refractivity contribution is 5.67. The Labute approximate surface area is 102 Å². The molecular weight excluding hydrogens is 220 g/mol. The largest absolute Gasteiger partial charge is 0.444 e. The fraction of sp³-hybridized carbons (Fsp3) is 0.917. The van der Waals surface area contributed by atoms with Gasteiger partial charge in [0.05, 0.1) is 13.2 Å². The maximum absolute atomic E-state index is 11.5. The first-order valence-corrected chi connectivity index (χ1v) is 6.17. The van der Waals surface area contributed by atoms with Crippen molar-refractivity contribution in [1.82, 2.24) is 10.6 Å². The van der Waals surface area contributed by atoms with Gasteiger partial charge >= 0.3 is 6.09 Å². The van der Waals surface area contributed by atoms with E-state index in [1.165, 1.54) is 0 Å². The van der Waals surface area contributed by atoms with Crippen LogP contribution in [0.25, 0.3) is 0 Å². The maximum Gasteiger partial charge on any atom is 0.407 e. The monoisotopic (exact) mass is 242 g/mol. The number of rotatable bonds is 2. The van der Waals surface area contributed by atoms with Gasteiger partial charge < -0.3 is 20.1 Å². The number of hydrogen-bond donors (Lipinski definition) is 2. The lowest BCUT2D eigenvalue weighted by molar-refractivity contribution is -0.123. The Kier molecular flexibility index (Phi) is 3.32. The second-order valence-corrected chi connectivity index (χ2v) is 6.07. The molecule has 2 rings (SSSR count). The second kappa shape index (κ2) is 4.46. The smallest absolute Gasteiger partial charge is 0.407 e. The van der Waals surface area contributed by atoms with E-state index in [9.17, 15) is 4.79 Å². The molecule has 1 spiro atoms. The molecule has 0 aromatic heterocycles. The first-order valence-electron chi connectivity index (χ1n) is 6.17. The van der Waals surface area contributed by atoms with E-state index in [0.717, 1.165) is 26.3 Å². The Balaban J connectivity index is 1.76. The molecule has 1 atom stereocenters. The predicted octanol–water partition coefficient (Wildman–Crippen LogP) is 0.747. The summed E-state index contributed by atoms with van der Waals surface area (Å²) in [7, 11) is 0. The van der Waals surface area contributed by atoms with Gasteiger partial charge in [0, 0.05) is 31.0 Å². The molecule has 98 valence electrons. The third kappa shape index (κ3) is 2.90. The highest BCUT2D eigenvalue weighted by Gasteiger charge is 2.48. The molecule has 0 aromatic rings. The Morgan fingerprint density at radius 2 is 2.24 bits per heavy atom. The summed E-state index contributed by atoms with van der Waals surface area (Å²) in [6.07, 6.45) is -0.334. The standard InChI is InChI=1S/C12H22N2O3/c1-11(2,3)17-10(15)14-5-9-4-13-6-12(9)7-16-8-12/h9,13H,4-8H2,1-3H3,(H,14,15)/t9-/m0/s1. The van der Waals surface area contributed by atoms with E-state index >= 15 is 0 Å². The van der Waals surface area contributed by atoms with E-state index in [-0.39, 0.29) is 11.5 Å². The van der Waals surface area contributed by atoms with Gasteiger partial charge in [-0.3, -0.25) is 0 Å². The summed E-state index contributed by atoms with van der Waals surface area (Å²) in [6.45, 7) is 9.81. The van der Waals surface area contributed by atoms with Crippen LogP contribution in [0.1, 0.15) is 20.8 Å². The van der Waals surface area contributed by atoms with Gasteiger partial charge in [0.15, 0.2) is 0 Å². The molecule has 2 N–H and O–H groups in total. The molecule has 17 heavy (non-hydrogen) atoms. The van der Waals surface area contributed by atoms with Crippen LogP contribution in [0, 0.1) is 11.3 Å². The second-order valence-electron chi connectivity index (χ2n) is 6.07. The van der Waals surface area contributed by atoms with E-state index in [4.69, 9.17) is 9.47 Å². The number of hydrogen-bond acceptors (Lipinski definition) is 4. The maximum atomic E-state index is 11.5. The Hall–Kier alpha value is -0.810. The molecule has 2 fully saturated rings. The molecule has 0 aliphatic carbocycles. The highest BCUT2D eigenvalue weighted by Crippen LogP contribution is 2.38. The van der Waals surface area contributed by atoms with Crippen LogP contribution in [0.5, 0.6) is 0 Å². The van der Waals surface area contributed by atoms with E-state index < -0.39 is 5.60 Å². The average molecular weight is 242 g/mol. The van der Waals surface area contributed by atoms with Crippen LogP contribution >= 0.6 is 0 Å². The lowest BCUT2D eigenvalue weighted by Gasteiger charge is -2.42. The minimum atomic E-state index is -0.435. The normalized spacial score (nSPS) is 26.6. The van der Waals surface area contributed by atoms with Crippen LogP contribution < -0.4 is 10.6 Å². The van der Waals surface area contributed by atoms with Gasteiger partial charge in [-0.15, -0.1) is 0 Å². The minimum Gasteiger partial charge on any atom is -0.444 e. The zero-order valence-corrected chi connectivity index (χ0v) is 10.8. The average Bonchev–Trinajstić information content (AvgIpc) is 2.54. The van der Waals surface area contributed by atoms with Crippen LogP contribution in [-0.2, 0) is 9.47 Å². The number of ether oxygens (including phenoxy) is 2. The van der Waals surface area contributed by atoms with Crippen molar-refractivity contribution >= 4 is 6.09 Å². The number of alkyl carbamates (subject to hydrolysis) is 1. The molecule has 1 amide bonds. The summed E-state index contributed by atoms with van der Waals surface area (Å²) < 4.78 is 10.5. The molecule has 2 aliphatic heterocycles. The summed E-state index contributed by atoms with van der Waals surface area (Å²) in [5, 5.41) is 6.21. The number of amides is 1. The van der Waals surface area contributed by atoms with Gasteiger partial charge in [-0.05, 0) is 20.8 Å². The third-order valence-corrected chi connectivity index (χ3v) is 3.40. The van der Waals surface area contributed by atoms with Crippen molar-refractivity contribution in [2.24, 2.45) is 11.3 Å². The van der Waals surface area contributed by atoms with Gasteiger partial charge in [-0.1, -0.05) is 0 Å². The van der Waals surface area contributed by atoms with Crippen molar-refractivity contribution in [3.8, 4) is 0 Å². The molecule has 0 aromatic carbocycles. The van der Waals surface area contributed by atoms with E-state index in [1.54, 1.807) is 0 Å². The molecule has 0 saturated carbocycles. The van der Waals surface area contributed by atoms with Crippen molar-refractivity contribution < 1.29 is 14.3 Å². The summed E-state index contributed by atoms with van der Waals surface area (Å²) in [5.41, 5.74) is -0.190. The molecule has 5 nitrogen and oxygen atoms in total. The molecular formula is C12H22N2O3. The highest BCUT2D eigenvalue weighted by atomic mass is 16.6. The molecule has 2 aliphatic rings. The Morgan fingerprint density at radius 1 is 1.53 bits per heavy atom. The summed E-state index contributed by atoms with van der Waals surface area (Å²) in [4.78, 5) is 11.5. The van der Waals surface area contributed by atoms with Crippen LogP contribution in [-0.4, -0.2) is 44.5 Å². The van der Waals surface area contributed by atoms with Gasteiger partial charge in [0.1, 0.15) is 5.60 Å². The van der Waals surface area contributed by atoms with Gasteiger partial charge in [0.2, 0.25) is 0 Å². The summed E-state index contributed by atoms with van der Waals surface area (Å²) in [5.74, 6) is 0.448. The zero-order valence-electron chi connectivity index (χ0n) is 10.8. The molecule has 0 unspecified atom stereocenters. The molecule has 0 radical (unpaired) electrons. The van der Waals surface area contributed by atoms with Crippen LogP contribution in [0.3, 0.4) is 0 Å². The summed E-state index contributed by atoms with van der Waals surface area (Å²) in [6, 6.07) is 0. The Bertz CT molecular complexity index is 295. The topological polar surface area (TPSA) is 59.6 Å². The lowest BCUT2D eigenvalue weighted by atomic mass is 9.76. The first-order chi connectivity index (χ1) is 7.91. The van der Waals surface area contributed by atoms with E-state index in [0.29, 0.717) is 12.5 Å². The Morgan fingerprint density at radius 3 is 2.76 bits per heavy atom. The predicted molar refractivity (Wildman–Crippen MR) is 63.8 cm³/mol. The number of nitrogens with one attached hydrogen (secondary N) is 2. The van der Waals surface area contributed by atoms with Gasteiger partial charge in [-0.2, -0.15) is 0 Å². The van der Waals surface area contributed by atoms with Crippen molar-refractivity contribution in [3.05, 3.63) is 0 Å². The molecule has 2 heterocycles. The van der Waals surface area contributed by atoms with Crippen molar-refractivity contribution in [3.63, 3.8) is 0 Å². The molecule has 2 saturated heterocycles. The quantitative estimate of drug-likeness (QED) is 0.750. The number of carbonyl (C=O) groups excluding carboxylic acids is 1. The molecule has 0 bridgehead atoms. The van der Waals surface area contributed by atoms with Gasteiger partial charge in [0.25, 0.3) is 0 Å². The first kappa shape index (κ1) is 12.6. The fourth-order valence-electron chi connectivity index (χ4n) is 2.37. The van der Waals surface area contributed by atoms with Crippen molar-refractivity contribution in [1.29, 1.82) is 0 Å². The SMILES string of the molecule is CC(C)(C)OC(=O)NC[C@@H]1CNCC12COC2. The number of carbonyl (C=O) groups is 1. The third-order valence-electron chi connectivity index (χ3n) is 3.40. The fourth-order valence-corrected chi connectivity index (χ4v) is 2.37. The van der Waals surface area contributed by atoms with Crippen LogP contribution in [0.4, 0.5) is 4.79 Å². The minimum absolute atomic E-state index is 0.245. The molecule has 5 heteroatoms. The van der Waals surface area contributed by atoms with E-state index in [2.05, 4.69) is 10.6 Å². The van der Waals surface area contributed by atoms with Gasteiger partial charge in [-0.25, -0.2) is 4.79 Å². The van der Waals surface area contributed by atoms with Crippen molar-refractivity contribution in [2.75, 3.05) is 32.8 Å². The zero-order chi connectivity index (χ0) is 12.5. The van der Waals surface area contributed by atoms with E-state index in [1.807, 2.05) is 20.8 Å². The lowest BCUT2D eigenvalue weighted by Crippen LogP contribution is -2.51. The van der Waals surface area contributed by atoms with Crippen LogP contribution in [0.2, 0.25) is 0 Å². The summed E-state index contributed by atoms with van der Waals surface area (Å²) >= 11 is 0. The van der Waals surface area contributed by atoms with Crippen molar-refractivity contribution in [2.45, 2.75) is 26.4 Å². The van der Waals surface area contributed by atoms with Crippen LogP contribution in [0.15, 0.2) is 0 Å².